The molecule has 1 saturated carbocycles. The lowest BCUT2D eigenvalue weighted by molar-refractivity contribution is -0.121. The van der Waals surface area contributed by atoms with E-state index in [0.717, 1.165) is 31.4 Å². The maximum atomic E-state index is 12.1. The maximum Gasteiger partial charge on any atom is 0.227 e. The number of nitrogens with zero attached hydrogens (tertiary/aromatic N) is 1. The van der Waals surface area contributed by atoms with Gasteiger partial charge in [0.15, 0.2) is 0 Å². The molecule has 1 aromatic heterocycles. The molecule has 1 amide bonds. The Labute approximate surface area is 138 Å². The van der Waals surface area contributed by atoms with Crippen LogP contribution in [0.3, 0.4) is 0 Å². The molecule has 1 aliphatic carbocycles. The summed E-state index contributed by atoms with van der Waals surface area (Å²) in [5, 5.41) is 2.95. The first kappa shape index (κ1) is 22.4. The Morgan fingerprint density at radius 1 is 1.24 bits per heavy atom. The first-order valence-electron chi connectivity index (χ1n) is 6.63. The van der Waals surface area contributed by atoms with Crippen LogP contribution in [0.1, 0.15) is 32.6 Å². The quantitative estimate of drug-likeness (QED) is 0.883. The molecule has 7 heteroatoms. The lowest BCUT2D eigenvalue weighted by Gasteiger charge is -2.29. The van der Waals surface area contributed by atoms with Crippen LogP contribution in [-0.2, 0) is 4.79 Å². The van der Waals surface area contributed by atoms with Crippen molar-refractivity contribution in [1.82, 2.24) is 4.98 Å². The first-order valence-corrected chi connectivity index (χ1v) is 6.63. The van der Waals surface area contributed by atoms with Crippen molar-refractivity contribution in [3.63, 3.8) is 0 Å². The highest BCUT2D eigenvalue weighted by molar-refractivity contribution is 5.92. The Bertz CT molecular complexity index is 396. The lowest BCUT2D eigenvalue weighted by Crippen LogP contribution is -2.33. The van der Waals surface area contributed by atoms with Gasteiger partial charge >= 0.3 is 0 Å². The van der Waals surface area contributed by atoms with Crippen molar-refractivity contribution in [2.24, 2.45) is 17.6 Å². The Kier molecular flexibility index (Phi) is 11.5. The van der Waals surface area contributed by atoms with E-state index < -0.39 is 0 Å². The average molecular weight is 338 g/mol. The van der Waals surface area contributed by atoms with Gasteiger partial charge in [0.2, 0.25) is 5.91 Å². The molecular formula is C14H25Cl2N3O2. The largest absolute Gasteiger partial charge is 0.412 e. The van der Waals surface area contributed by atoms with E-state index in [9.17, 15) is 4.79 Å². The molecule has 122 valence electrons. The minimum absolute atomic E-state index is 0. The Hall–Kier alpha value is -0.880. The number of pyridine rings is 1. The number of anilines is 1. The van der Waals surface area contributed by atoms with Crippen molar-refractivity contribution in [3.8, 4) is 0 Å². The van der Waals surface area contributed by atoms with Crippen LogP contribution in [-0.4, -0.2) is 22.4 Å². The third-order valence-corrected chi connectivity index (χ3v) is 3.83. The molecule has 0 aliphatic heterocycles. The van der Waals surface area contributed by atoms with Gasteiger partial charge in [-0.1, -0.05) is 0 Å². The van der Waals surface area contributed by atoms with E-state index in [1.807, 2.05) is 12.1 Å². The molecule has 0 bridgehead atoms. The number of halogens is 2. The van der Waals surface area contributed by atoms with Crippen LogP contribution in [0.15, 0.2) is 24.5 Å². The SMILES string of the molecule is C[C@@H](N)C1CCC(C(=O)Nc2ccncc2)CC1.Cl.Cl.O. The van der Waals surface area contributed by atoms with Crippen LogP contribution >= 0.6 is 24.8 Å². The van der Waals surface area contributed by atoms with Gasteiger partial charge in [-0.25, -0.2) is 0 Å². The van der Waals surface area contributed by atoms with Crippen LogP contribution in [0.4, 0.5) is 5.69 Å². The molecule has 5 nitrogen and oxygen atoms in total. The second kappa shape index (κ2) is 10.8. The van der Waals surface area contributed by atoms with E-state index in [2.05, 4.69) is 17.2 Å². The van der Waals surface area contributed by atoms with E-state index in [1.54, 1.807) is 12.4 Å². The molecule has 0 spiro atoms. The predicted octanol–water partition coefficient (Wildman–Crippen LogP) is 2.19. The lowest BCUT2D eigenvalue weighted by atomic mass is 9.79. The first-order chi connectivity index (χ1) is 8.66. The summed E-state index contributed by atoms with van der Waals surface area (Å²) in [6, 6.07) is 3.87. The number of aromatic nitrogens is 1. The van der Waals surface area contributed by atoms with E-state index in [4.69, 9.17) is 5.73 Å². The number of nitrogens with one attached hydrogen (secondary N) is 1. The van der Waals surface area contributed by atoms with E-state index >= 15 is 0 Å². The van der Waals surface area contributed by atoms with Gasteiger partial charge in [-0.05, 0) is 50.7 Å². The fraction of sp³-hybridized carbons (Fsp3) is 0.571. The summed E-state index contributed by atoms with van der Waals surface area (Å²) in [7, 11) is 0. The number of hydrogen-bond acceptors (Lipinski definition) is 3. The fourth-order valence-corrected chi connectivity index (χ4v) is 2.59. The molecular weight excluding hydrogens is 313 g/mol. The number of carbonyl (C=O) groups is 1. The number of rotatable bonds is 3. The Balaban J connectivity index is 0. The second-order valence-corrected chi connectivity index (χ2v) is 5.20. The van der Waals surface area contributed by atoms with Crippen LogP contribution in [0.25, 0.3) is 0 Å². The number of carbonyl (C=O) groups excluding carboxylic acids is 1. The van der Waals surface area contributed by atoms with Gasteiger partial charge in [0, 0.05) is 30.0 Å². The van der Waals surface area contributed by atoms with E-state index in [0.29, 0.717) is 5.92 Å². The van der Waals surface area contributed by atoms with Gasteiger partial charge in [-0.2, -0.15) is 0 Å². The summed E-state index contributed by atoms with van der Waals surface area (Å²) in [5.74, 6) is 0.840. The van der Waals surface area contributed by atoms with Crippen LogP contribution in [0, 0.1) is 11.8 Å². The van der Waals surface area contributed by atoms with Gasteiger partial charge < -0.3 is 16.5 Å². The average Bonchev–Trinajstić information content (AvgIpc) is 2.40. The third kappa shape index (κ3) is 6.61. The summed E-state index contributed by atoms with van der Waals surface area (Å²) in [6.45, 7) is 2.06. The molecule has 1 fully saturated rings. The molecule has 5 N–H and O–H groups in total. The summed E-state index contributed by atoms with van der Waals surface area (Å²) >= 11 is 0. The van der Waals surface area contributed by atoms with Gasteiger partial charge in [0.25, 0.3) is 0 Å². The monoisotopic (exact) mass is 337 g/mol. The van der Waals surface area contributed by atoms with Crippen molar-refractivity contribution in [2.45, 2.75) is 38.6 Å². The van der Waals surface area contributed by atoms with Crippen molar-refractivity contribution in [2.75, 3.05) is 5.32 Å². The Morgan fingerprint density at radius 2 is 1.76 bits per heavy atom. The van der Waals surface area contributed by atoms with Crippen molar-refractivity contribution >= 4 is 36.4 Å². The summed E-state index contributed by atoms with van der Waals surface area (Å²) < 4.78 is 0. The van der Waals surface area contributed by atoms with Gasteiger partial charge in [0.05, 0.1) is 0 Å². The topological polar surface area (TPSA) is 99.5 Å². The second-order valence-electron chi connectivity index (χ2n) is 5.20. The molecule has 21 heavy (non-hydrogen) atoms. The van der Waals surface area contributed by atoms with Crippen molar-refractivity contribution < 1.29 is 10.3 Å². The molecule has 0 radical (unpaired) electrons. The molecule has 1 heterocycles. The van der Waals surface area contributed by atoms with Gasteiger partial charge in [0.1, 0.15) is 0 Å². The normalized spacial score (nSPS) is 21.8. The van der Waals surface area contributed by atoms with Crippen LogP contribution in [0.2, 0.25) is 0 Å². The highest BCUT2D eigenvalue weighted by atomic mass is 35.5. The fourth-order valence-electron chi connectivity index (χ4n) is 2.59. The number of hydrogen-bond donors (Lipinski definition) is 2. The van der Waals surface area contributed by atoms with Crippen molar-refractivity contribution in [3.05, 3.63) is 24.5 Å². The van der Waals surface area contributed by atoms with Crippen LogP contribution < -0.4 is 11.1 Å². The van der Waals surface area contributed by atoms with E-state index in [1.165, 1.54) is 0 Å². The smallest absolute Gasteiger partial charge is 0.227 e. The van der Waals surface area contributed by atoms with Crippen molar-refractivity contribution in [1.29, 1.82) is 0 Å². The maximum absolute atomic E-state index is 12.1. The summed E-state index contributed by atoms with van der Waals surface area (Å²) in [4.78, 5) is 16.0. The molecule has 0 unspecified atom stereocenters. The third-order valence-electron chi connectivity index (χ3n) is 3.83. The zero-order chi connectivity index (χ0) is 13.0. The molecule has 1 atom stereocenters. The molecule has 0 saturated heterocycles. The van der Waals surface area contributed by atoms with Gasteiger partial charge in [-0.15, -0.1) is 24.8 Å². The standard InChI is InChI=1S/C14H21N3O.2ClH.H2O/c1-10(15)11-2-4-12(5-3-11)14(18)17-13-6-8-16-9-7-13;;;/h6-12H,2-5,15H2,1H3,(H,16,17,18);2*1H;1H2/t10-,11?,12?;;;/m1.../s1. The minimum Gasteiger partial charge on any atom is -0.412 e. The molecule has 1 aromatic rings. The molecule has 2 rings (SSSR count). The zero-order valence-corrected chi connectivity index (χ0v) is 13.8. The summed E-state index contributed by atoms with van der Waals surface area (Å²) in [6.07, 6.45) is 7.38. The minimum atomic E-state index is 0. The number of nitrogens with two attached hydrogens (primary N) is 1. The van der Waals surface area contributed by atoms with E-state index in [-0.39, 0.29) is 48.2 Å². The highest BCUT2D eigenvalue weighted by Gasteiger charge is 2.27. The predicted molar refractivity (Wildman–Crippen MR) is 90.1 cm³/mol. The highest BCUT2D eigenvalue weighted by Crippen LogP contribution is 2.30. The molecule has 1 aliphatic rings. The zero-order valence-electron chi connectivity index (χ0n) is 12.1. The van der Waals surface area contributed by atoms with Crippen LogP contribution in [0.5, 0.6) is 0 Å². The van der Waals surface area contributed by atoms with Gasteiger partial charge in [-0.3, -0.25) is 9.78 Å². The summed E-state index contributed by atoms with van der Waals surface area (Å²) in [5.41, 5.74) is 6.73. The Morgan fingerprint density at radius 3 is 2.24 bits per heavy atom. The molecule has 0 aromatic carbocycles. The number of amides is 1.